The van der Waals surface area contributed by atoms with Gasteiger partial charge >= 0.3 is 0 Å². The third kappa shape index (κ3) is 2.25. The van der Waals surface area contributed by atoms with E-state index in [1.54, 1.807) is 10.4 Å². The highest BCUT2D eigenvalue weighted by atomic mass is 35.5. The van der Waals surface area contributed by atoms with Crippen molar-refractivity contribution in [1.29, 1.82) is 0 Å². The van der Waals surface area contributed by atoms with Gasteiger partial charge in [0.15, 0.2) is 0 Å². The predicted molar refractivity (Wildman–Crippen MR) is 60.8 cm³/mol. The largest absolute Gasteiger partial charge is 0.324 e. The fraction of sp³-hybridized carbons (Fsp3) is 0.600. The van der Waals surface area contributed by atoms with E-state index in [0.717, 1.165) is 0 Å². The van der Waals surface area contributed by atoms with Crippen LogP contribution in [0, 0.1) is 0 Å². The third-order valence-electron chi connectivity index (χ3n) is 2.46. The van der Waals surface area contributed by atoms with E-state index in [9.17, 15) is 0 Å². The zero-order chi connectivity index (χ0) is 8.55. The van der Waals surface area contributed by atoms with Crippen molar-refractivity contribution < 1.29 is 0 Å². The Kier molecular flexibility index (Phi) is 3.77. The van der Waals surface area contributed by atoms with Gasteiger partial charge in [-0.1, -0.05) is 0 Å². The lowest BCUT2D eigenvalue weighted by molar-refractivity contribution is 0.696. The molecule has 2 N–H and O–H groups in total. The zero-order valence-corrected chi connectivity index (χ0v) is 9.51. The summed E-state index contributed by atoms with van der Waals surface area (Å²) < 4.78 is 0. The minimum atomic E-state index is 0. The Morgan fingerprint density at radius 1 is 1.38 bits per heavy atom. The number of hydrogen-bond donors (Lipinski definition) is 1. The van der Waals surface area contributed by atoms with E-state index in [-0.39, 0.29) is 18.4 Å². The zero-order valence-electron chi connectivity index (χ0n) is 7.88. The van der Waals surface area contributed by atoms with Crippen LogP contribution < -0.4 is 5.73 Å². The Morgan fingerprint density at radius 3 is 2.69 bits per heavy atom. The van der Waals surface area contributed by atoms with Gasteiger partial charge in [0, 0.05) is 15.8 Å². The maximum atomic E-state index is 5.84. The highest BCUT2D eigenvalue weighted by Gasteiger charge is 2.14. The minimum Gasteiger partial charge on any atom is -0.324 e. The van der Waals surface area contributed by atoms with E-state index in [2.05, 4.69) is 13.0 Å². The summed E-state index contributed by atoms with van der Waals surface area (Å²) in [6, 6.07) is 2.53. The highest BCUT2D eigenvalue weighted by Crippen LogP contribution is 2.31. The van der Waals surface area contributed by atoms with Gasteiger partial charge in [0.2, 0.25) is 0 Å². The van der Waals surface area contributed by atoms with E-state index in [1.165, 1.54) is 30.6 Å². The average Bonchev–Trinajstić information content (AvgIpc) is 2.46. The molecule has 1 unspecified atom stereocenters. The van der Waals surface area contributed by atoms with Crippen LogP contribution >= 0.6 is 23.7 Å². The van der Waals surface area contributed by atoms with Crippen molar-refractivity contribution >= 4 is 23.7 Å². The number of rotatable bonds is 1. The first kappa shape index (κ1) is 11.0. The number of aryl methyl sites for hydroxylation is 2. The Bertz CT molecular complexity index is 257. The molecule has 2 rings (SSSR count). The molecule has 0 aromatic carbocycles. The predicted octanol–water partition coefficient (Wildman–Crippen LogP) is 3.07. The summed E-state index contributed by atoms with van der Waals surface area (Å²) in [6.07, 6.45) is 5.29. The molecule has 0 saturated carbocycles. The first-order valence-electron chi connectivity index (χ1n) is 4.64. The molecule has 3 heteroatoms. The summed E-state index contributed by atoms with van der Waals surface area (Å²) >= 11 is 1.92. The van der Waals surface area contributed by atoms with Gasteiger partial charge in [0.05, 0.1) is 0 Å². The molecule has 0 spiro atoms. The van der Waals surface area contributed by atoms with Crippen LogP contribution in [0.2, 0.25) is 0 Å². The van der Waals surface area contributed by atoms with Gasteiger partial charge in [0.1, 0.15) is 0 Å². The Labute approximate surface area is 89.7 Å². The SMILES string of the molecule is CC(N)c1cc2c(s1)CCCC2.Cl. The quantitative estimate of drug-likeness (QED) is 0.769. The molecule has 1 aliphatic carbocycles. The lowest BCUT2D eigenvalue weighted by Crippen LogP contribution is -2.01. The summed E-state index contributed by atoms with van der Waals surface area (Å²) in [6.45, 7) is 2.07. The standard InChI is InChI=1S/C10H15NS.ClH/c1-7(11)10-6-8-4-2-3-5-9(8)12-10;/h6-7H,2-5,11H2,1H3;1H. The molecule has 0 radical (unpaired) electrons. The summed E-state index contributed by atoms with van der Waals surface area (Å²) in [5.74, 6) is 0. The number of fused-ring (bicyclic) bond motifs is 1. The second-order valence-corrected chi connectivity index (χ2v) is 4.76. The molecule has 0 aliphatic heterocycles. The molecule has 1 nitrogen and oxygen atoms in total. The van der Waals surface area contributed by atoms with Crippen molar-refractivity contribution in [2.45, 2.75) is 38.6 Å². The fourth-order valence-corrected chi connectivity index (χ4v) is 2.95. The first-order valence-corrected chi connectivity index (χ1v) is 5.46. The van der Waals surface area contributed by atoms with Crippen LogP contribution in [-0.2, 0) is 12.8 Å². The number of hydrogen-bond acceptors (Lipinski definition) is 2. The van der Waals surface area contributed by atoms with Gasteiger partial charge in [-0.05, 0) is 44.2 Å². The molecule has 13 heavy (non-hydrogen) atoms. The Hall–Kier alpha value is -0.0500. The van der Waals surface area contributed by atoms with Crippen LogP contribution in [0.25, 0.3) is 0 Å². The molecule has 0 bridgehead atoms. The Morgan fingerprint density at radius 2 is 2.08 bits per heavy atom. The average molecular weight is 218 g/mol. The molecule has 1 aromatic rings. The molecular formula is C10H16ClNS. The monoisotopic (exact) mass is 217 g/mol. The maximum absolute atomic E-state index is 5.84. The second-order valence-electron chi connectivity index (χ2n) is 3.59. The molecule has 0 amide bonds. The fourth-order valence-electron chi connectivity index (χ4n) is 1.74. The van der Waals surface area contributed by atoms with Crippen molar-refractivity contribution in [3.05, 3.63) is 21.4 Å². The van der Waals surface area contributed by atoms with Crippen molar-refractivity contribution in [3.8, 4) is 0 Å². The number of thiophene rings is 1. The van der Waals surface area contributed by atoms with E-state index in [1.807, 2.05) is 11.3 Å². The summed E-state index contributed by atoms with van der Waals surface area (Å²) in [5.41, 5.74) is 7.40. The number of nitrogens with two attached hydrogens (primary N) is 1. The molecule has 1 aliphatic rings. The van der Waals surface area contributed by atoms with Gasteiger partial charge in [0.25, 0.3) is 0 Å². The molecule has 1 atom stereocenters. The molecule has 1 heterocycles. The minimum absolute atomic E-state index is 0. The molecule has 74 valence electrons. The van der Waals surface area contributed by atoms with Crippen LogP contribution in [0.3, 0.4) is 0 Å². The lowest BCUT2D eigenvalue weighted by atomic mass is 9.99. The van der Waals surface area contributed by atoms with Crippen LogP contribution in [0.1, 0.15) is 41.1 Å². The van der Waals surface area contributed by atoms with Crippen LogP contribution in [0.5, 0.6) is 0 Å². The van der Waals surface area contributed by atoms with Gasteiger partial charge in [-0.2, -0.15) is 0 Å². The summed E-state index contributed by atoms with van der Waals surface area (Å²) in [4.78, 5) is 2.95. The van der Waals surface area contributed by atoms with E-state index >= 15 is 0 Å². The second kappa shape index (κ2) is 4.45. The van der Waals surface area contributed by atoms with Crippen LogP contribution in [0.4, 0.5) is 0 Å². The summed E-state index contributed by atoms with van der Waals surface area (Å²) in [5, 5.41) is 0. The topological polar surface area (TPSA) is 26.0 Å². The van der Waals surface area contributed by atoms with Crippen molar-refractivity contribution in [2.75, 3.05) is 0 Å². The highest BCUT2D eigenvalue weighted by molar-refractivity contribution is 7.12. The van der Waals surface area contributed by atoms with Crippen molar-refractivity contribution in [1.82, 2.24) is 0 Å². The van der Waals surface area contributed by atoms with Crippen molar-refractivity contribution in [2.24, 2.45) is 5.73 Å². The van der Waals surface area contributed by atoms with Crippen molar-refractivity contribution in [3.63, 3.8) is 0 Å². The van der Waals surface area contributed by atoms with Gasteiger partial charge in [-0.3, -0.25) is 0 Å². The van der Waals surface area contributed by atoms with E-state index in [4.69, 9.17) is 5.73 Å². The van der Waals surface area contributed by atoms with Gasteiger partial charge in [-0.15, -0.1) is 23.7 Å². The Balaban J connectivity index is 0.000000845. The van der Waals surface area contributed by atoms with E-state index in [0.29, 0.717) is 0 Å². The third-order valence-corrected chi connectivity index (χ3v) is 3.90. The van der Waals surface area contributed by atoms with Gasteiger partial charge in [-0.25, -0.2) is 0 Å². The maximum Gasteiger partial charge on any atom is 0.0361 e. The molecule has 0 fully saturated rings. The van der Waals surface area contributed by atoms with Crippen LogP contribution in [0.15, 0.2) is 6.07 Å². The van der Waals surface area contributed by atoms with E-state index < -0.39 is 0 Å². The summed E-state index contributed by atoms with van der Waals surface area (Å²) in [7, 11) is 0. The molecular weight excluding hydrogens is 202 g/mol. The molecule has 1 aromatic heterocycles. The lowest BCUT2D eigenvalue weighted by Gasteiger charge is -2.08. The molecule has 0 saturated heterocycles. The number of halogens is 1. The first-order chi connectivity index (χ1) is 5.77. The normalized spacial score (nSPS) is 17.4. The smallest absolute Gasteiger partial charge is 0.0361 e. The van der Waals surface area contributed by atoms with Gasteiger partial charge < -0.3 is 5.73 Å². The van der Waals surface area contributed by atoms with Crippen LogP contribution in [-0.4, -0.2) is 0 Å².